The fraction of sp³-hybridized carbons (Fsp3) is 0.143. The molecule has 0 unspecified atom stereocenters. The molecular formula is C14H13ClN2O2. The van der Waals surface area contributed by atoms with Crippen LogP contribution in [0.3, 0.4) is 0 Å². The minimum atomic E-state index is -0.128. The van der Waals surface area contributed by atoms with Gasteiger partial charge in [0.2, 0.25) is 0 Å². The molecule has 1 aromatic heterocycles. The van der Waals surface area contributed by atoms with Crippen molar-refractivity contribution in [1.29, 1.82) is 0 Å². The number of hydrogen-bond acceptors (Lipinski definition) is 3. The standard InChI is InChI=1S/C14H12N2O2.ClH/c17-14(10-3-6-15-7-4-10)16-12-1-2-13-11(9-12)5-8-18-13;/h1-4,6-7,9H,5,8H2,(H,16,17);1H. The number of carbonyl (C=O) groups is 1. The van der Waals surface area contributed by atoms with E-state index in [0.717, 1.165) is 30.0 Å². The first-order chi connectivity index (χ1) is 8.83. The van der Waals surface area contributed by atoms with E-state index in [-0.39, 0.29) is 18.3 Å². The normalized spacial score (nSPS) is 12.0. The van der Waals surface area contributed by atoms with Crippen LogP contribution >= 0.6 is 12.4 Å². The van der Waals surface area contributed by atoms with Gasteiger partial charge < -0.3 is 10.1 Å². The van der Waals surface area contributed by atoms with Gasteiger partial charge in [0, 0.05) is 30.1 Å². The quantitative estimate of drug-likeness (QED) is 0.917. The third-order valence-electron chi connectivity index (χ3n) is 2.89. The van der Waals surface area contributed by atoms with Gasteiger partial charge in [0.15, 0.2) is 0 Å². The number of aromatic nitrogens is 1. The molecule has 1 aromatic carbocycles. The van der Waals surface area contributed by atoms with Gasteiger partial charge in [-0.2, -0.15) is 0 Å². The number of nitrogens with one attached hydrogen (secondary N) is 1. The van der Waals surface area contributed by atoms with Crippen molar-refractivity contribution in [1.82, 2.24) is 4.98 Å². The van der Waals surface area contributed by atoms with E-state index in [1.807, 2.05) is 18.2 Å². The molecule has 1 N–H and O–H groups in total. The van der Waals surface area contributed by atoms with Crippen LogP contribution in [-0.2, 0) is 6.42 Å². The van der Waals surface area contributed by atoms with Crippen molar-refractivity contribution >= 4 is 24.0 Å². The van der Waals surface area contributed by atoms with E-state index >= 15 is 0 Å². The predicted molar refractivity (Wildman–Crippen MR) is 75.1 cm³/mol. The Balaban J connectivity index is 0.00000133. The molecule has 0 fully saturated rings. The zero-order valence-electron chi connectivity index (χ0n) is 10.1. The van der Waals surface area contributed by atoms with Gasteiger partial charge in [0.05, 0.1) is 6.61 Å². The molecule has 98 valence electrons. The van der Waals surface area contributed by atoms with Crippen LogP contribution in [0.1, 0.15) is 15.9 Å². The largest absolute Gasteiger partial charge is 0.493 e. The van der Waals surface area contributed by atoms with Crippen molar-refractivity contribution < 1.29 is 9.53 Å². The molecule has 2 aromatic rings. The van der Waals surface area contributed by atoms with Crippen LogP contribution in [0.15, 0.2) is 42.7 Å². The van der Waals surface area contributed by atoms with Gasteiger partial charge in [0.1, 0.15) is 5.75 Å². The van der Waals surface area contributed by atoms with E-state index in [2.05, 4.69) is 10.3 Å². The Bertz CT molecular complexity index is 587. The summed E-state index contributed by atoms with van der Waals surface area (Å²) in [5, 5.41) is 2.87. The molecule has 19 heavy (non-hydrogen) atoms. The average molecular weight is 277 g/mol. The van der Waals surface area contributed by atoms with Crippen LogP contribution in [0, 0.1) is 0 Å². The minimum Gasteiger partial charge on any atom is -0.493 e. The first-order valence-corrected chi connectivity index (χ1v) is 5.80. The molecule has 3 rings (SSSR count). The first-order valence-electron chi connectivity index (χ1n) is 5.80. The summed E-state index contributed by atoms with van der Waals surface area (Å²) in [5.41, 5.74) is 2.53. The molecule has 0 atom stereocenters. The molecule has 0 aliphatic carbocycles. The molecule has 0 spiro atoms. The van der Waals surface area contributed by atoms with Crippen LogP contribution in [0.5, 0.6) is 5.75 Å². The summed E-state index contributed by atoms with van der Waals surface area (Å²) in [5.74, 6) is 0.785. The third kappa shape index (κ3) is 2.85. The summed E-state index contributed by atoms with van der Waals surface area (Å²) in [6.45, 7) is 0.719. The van der Waals surface area contributed by atoms with Crippen LogP contribution in [-0.4, -0.2) is 17.5 Å². The molecule has 1 aliphatic rings. The lowest BCUT2D eigenvalue weighted by atomic mass is 10.1. The fourth-order valence-electron chi connectivity index (χ4n) is 1.97. The van der Waals surface area contributed by atoms with E-state index in [0.29, 0.717) is 5.56 Å². The van der Waals surface area contributed by atoms with Gasteiger partial charge >= 0.3 is 0 Å². The zero-order chi connectivity index (χ0) is 12.4. The highest BCUT2D eigenvalue weighted by Crippen LogP contribution is 2.27. The summed E-state index contributed by atoms with van der Waals surface area (Å²) < 4.78 is 5.42. The second-order valence-electron chi connectivity index (χ2n) is 4.11. The number of benzene rings is 1. The van der Waals surface area contributed by atoms with Crippen molar-refractivity contribution in [2.45, 2.75) is 6.42 Å². The highest BCUT2D eigenvalue weighted by molar-refractivity contribution is 6.04. The number of fused-ring (bicyclic) bond motifs is 1. The van der Waals surface area contributed by atoms with E-state index in [9.17, 15) is 4.79 Å². The number of ether oxygens (including phenoxy) is 1. The summed E-state index contributed by atoms with van der Waals surface area (Å²) in [4.78, 5) is 15.8. The molecule has 4 nitrogen and oxygen atoms in total. The Morgan fingerprint density at radius 1 is 1.21 bits per heavy atom. The van der Waals surface area contributed by atoms with Crippen molar-refractivity contribution in [3.8, 4) is 5.75 Å². The van der Waals surface area contributed by atoms with E-state index in [4.69, 9.17) is 4.74 Å². The molecule has 0 saturated carbocycles. The Hall–Kier alpha value is -2.07. The van der Waals surface area contributed by atoms with Crippen LogP contribution in [0.25, 0.3) is 0 Å². The highest BCUT2D eigenvalue weighted by atomic mass is 35.5. The Morgan fingerprint density at radius 2 is 2.00 bits per heavy atom. The lowest BCUT2D eigenvalue weighted by Crippen LogP contribution is -2.11. The smallest absolute Gasteiger partial charge is 0.255 e. The monoisotopic (exact) mass is 276 g/mol. The van der Waals surface area contributed by atoms with Crippen molar-refractivity contribution in [2.75, 3.05) is 11.9 Å². The highest BCUT2D eigenvalue weighted by Gasteiger charge is 2.13. The van der Waals surface area contributed by atoms with Crippen molar-refractivity contribution in [3.05, 3.63) is 53.9 Å². The van der Waals surface area contributed by atoms with Gasteiger partial charge in [-0.1, -0.05) is 0 Å². The predicted octanol–water partition coefficient (Wildman–Crippen LogP) is 2.69. The molecule has 0 radical (unpaired) electrons. The zero-order valence-corrected chi connectivity index (χ0v) is 10.9. The molecule has 5 heteroatoms. The lowest BCUT2D eigenvalue weighted by Gasteiger charge is -2.06. The maximum absolute atomic E-state index is 11.9. The van der Waals surface area contributed by atoms with E-state index < -0.39 is 0 Å². The molecular weight excluding hydrogens is 264 g/mol. The van der Waals surface area contributed by atoms with Gasteiger partial charge in [-0.05, 0) is 35.9 Å². The SMILES string of the molecule is Cl.O=C(Nc1ccc2c(c1)CCO2)c1ccncc1. The van der Waals surface area contributed by atoms with Gasteiger partial charge in [-0.25, -0.2) is 0 Å². The van der Waals surface area contributed by atoms with Crippen LogP contribution in [0.4, 0.5) is 5.69 Å². The van der Waals surface area contributed by atoms with Crippen molar-refractivity contribution in [3.63, 3.8) is 0 Å². The number of pyridine rings is 1. The molecule has 0 saturated heterocycles. The molecule has 2 heterocycles. The Morgan fingerprint density at radius 3 is 2.79 bits per heavy atom. The second-order valence-corrected chi connectivity index (χ2v) is 4.11. The number of hydrogen-bond donors (Lipinski definition) is 1. The lowest BCUT2D eigenvalue weighted by molar-refractivity contribution is 0.102. The number of anilines is 1. The number of amides is 1. The van der Waals surface area contributed by atoms with E-state index in [1.165, 1.54) is 0 Å². The third-order valence-corrected chi connectivity index (χ3v) is 2.89. The topological polar surface area (TPSA) is 51.2 Å². The average Bonchev–Trinajstić information content (AvgIpc) is 2.87. The second kappa shape index (κ2) is 5.71. The Kier molecular flexibility index (Phi) is 4.02. The fourth-order valence-corrected chi connectivity index (χ4v) is 1.97. The van der Waals surface area contributed by atoms with Crippen LogP contribution < -0.4 is 10.1 Å². The number of nitrogens with zero attached hydrogens (tertiary/aromatic N) is 1. The number of carbonyl (C=O) groups excluding carboxylic acids is 1. The summed E-state index contributed by atoms with van der Waals surface area (Å²) >= 11 is 0. The van der Waals surface area contributed by atoms with Gasteiger partial charge in [-0.3, -0.25) is 9.78 Å². The maximum Gasteiger partial charge on any atom is 0.255 e. The first kappa shape index (κ1) is 13.4. The maximum atomic E-state index is 11.9. The molecule has 1 amide bonds. The van der Waals surface area contributed by atoms with Crippen molar-refractivity contribution in [2.24, 2.45) is 0 Å². The number of rotatable bonds is 2. The summed E-state index contributed by atoms with van der Waals surface area (Å²) in [6, 6.07) is 9.08. The molecule has 1 aliphatic heterocycles. The summed E-state index contributed by atoms with van der Waals surface area (Å²) in [7, 11) is 0. The van der Waals surface area contributed by atoms with Crippen LogP contribution in [0.2, 0.25) is 0 Å². The minimum absolute atomic E-state index is 0. The van der Waals surface area contributed by atoms with E-state index in [1.54, 1.807) is 24.5 Å². The Labute approximate surface area is 117 Å². The van der Waals surface area contributed by atoms with Gasteiger partial charge in [-0.15, -0.1) is 12.4 Å². The van der Waals surface area contributed by atoms with Gasteiger partial charge in [0.25, 0.3) is 5.91 Å². The summed E-state index contributed by atoms with van der Waals surface area (Å²) in [6.07, 6.45) is 4.10. The molecule has 0 bridgehead atoms. The number of halogens is 1.